The molecule has 8 heteroatoms. The Kier molecular flexibility index (Phi) is 5.52. The van der Waals surface area contributed by atoms with Crippen molar-refractivity contribution in [3.8, 4) is 0 Å². The van der Waals surface area contributed by atoms with Crippen molar-refractivity contribution in [2.24, 2.45) is 0 Å². The Labute approximate surface area is 193 Å². The maximum atomic E-state index is 13.6. The number of carbonyl (C=O) groups excluding carboxylic acids is 2. The van der Waals surface area contributed by atoms with E-state index in [1.54, 1.807) is 6.92 Å². The molecule has 0 saturated carbocycles. The average molecular weight is 447 g/mol. The fourth-order valence-electron chi connectivity index (χ4n) is 5.09. The number of hydrogen-bond acceptors (Lipinski definition) is 5. The minimum Gasteiger partial charge on any atom is -0.373 e. The largest absolute Gasteiger partial charge is 0.373 e. The summed E-state index contributed by atoms with van der Waals surface area (Å²) in [5.74, 6) is 1.49. The normalized spacial score (nSPS) is 18.3. The second-order valence-corrected chi connectivity index (χ2v) is 9.03. The highest BCUT2D eigenvalue weighted by molar-refractivity contribution is 5.99. The second-order valence-electron chi connectivity index (χ2n) is 9.03. The SMILES string of the molecule is CNc1nc(C2CCCCN2C(=O)c2cc3c(C)cccc3[nH]2)nc2c1CCN(C(C)=O)C2. The number of piperidine rings is 1. The van der Waals surface area contributed by atoms with Crippen molar-refractivity contribution in [3.05, 3.63) is 52.6 Å². The molecule has 3 aromatic rings. The average Bonchev–Trinajstić information content (AvgIpc) is 3.28. The lowest BCUT2D eigenvalue weighted by atomic mass is 9.99. The standard InChI is InChI=1S/C25H30N6O2/c1-15-7-6-8-19-18(15)13-20(27-19)25(33)31-11-5-4-9-22(31)24-28-21-14-30(16(2)32)12-10-17(21)23(26-3)29-24/h6-8,13,22,27H,4-5,9-12,14H2,1-3H3,(H,26,28,29). The number of hydrogen-bond donors (Lipinski definition) is 2. The van der Waals surface area contributed by atoms with Crippen LogP contribution in [0.5, 0.6) is 0 Å². The Morgan fingerprint density at radius 1 is 1.18 bits per heavy atom. The monoisotopic (exact) mass is 446 g/mol. The lowest BCUT2D eigenvalue weighted by Gasteiger charge is -2.36. The summed E-state index contributed by atoms with van der Waals surface area (Å²) in [7, 11) is 1.86. The molecule has 0 bridgehead atoms. The van der Waals surface area contributed by atoms with E-state index in [4.69, 9.17) is 9.97 Å². The molecule has 172 valence electrons. The first-order chi connectivity index (χ1) is 16.0. The van der Waals surface area contributed by atoms with Gasteiger partial charge in [0, 0.05) is 43.5 Å². The van der Waals surface area contributed by atoms with Gasteiger partial charge in [-0.25, -0.2) is 9.97 Å². The molecule has 2 aromatic heterocycles. The highest BCUT2D eigenvalue weighted by Gasteiger charge is 2.33. The number of rotatable bonds is 3. The third-order valence-corrected chi connectivity index (χ3v) is 6.94. The molecule has 33 heavy (non-hydrogen) atoms. The summed E-state index contributed by atoms with van der Waals surface area (Å²) in [5, 5.41) is 4.28. The van der Waals surface area contributed by atoms with Crippen LogP contribution >= 0.6 is 0 Å². The quantitative estimate of drug-likeness (QED) is 0.641. The third kappa shape index (κ3) is 3.83. The number of amides is 2. The predicted octanol–water partition coefficient (Wildman–Crippen LogP) is 3.58. The van der Waals surface area contributed by atoms with Crippen molar-refractivity contribution in [2.75, 3.05) is 25.5 Å². The lowest BCUT2D eigenvalue weighted by Crippen LogP contribution is -2.40. The first-order valence-corrected chi connectivity index (χ1v) is 11.7. The van der Waals surface area contributed by atoms with Crippen molar-refractivity contribution in [1.82, 2.24) is 24.8 Å². The number of aromatic amines is 1. The number of H-pyrrole nitrogens is 1. The summed E-state index contributed by atoms with van der Waals surface area (Å²) in [6, 6.07) is 7.81. The van der Waals surface area contributed by atoms with E-state index in [1.807, 2.05) is 35.0 Å². The maximum absolute atomic E-state index is 13.6. The summed E-state index contributed by atoms with van der Waals surface area (Å²) < 4.78 is 0. The molecule has 4 heterocycles. The van der Waals surface area contributed by atoms with Gasteiger partial charge < -0.3 is 20.1 Å². The lowest BCUT2D eigenvalue weighted by molar-refractivity contribution is -0.129. The van der Waals surface area contributed by atoms with Gasteiger partial charge in [0.25, 0.3) is 5.91 Å². The molecule has 2 N–H and O–H groups in total. The molecular weight excluding hydrogens is 416 g/mol. The number of likely N-dealkylation sites (tertiary alicyclic amines) is 1. The summed E-state index contributed by atoms with van der Waals surface area (Å²) in [4.78, 5) is 42.4. The Morgan fingerprint density at radius 3 is 2.79 bits per heavy atom. The van der Waals surface area contributed by atoms with Gasteiger partial charge >= 0.3 is 0 Å². The Balaban J connectivity index is 1.50. The number of fused-ring (bicyclic) bond motifs is 2. The van der Waals surface area contributed by atoms with E-state index in [1.165, 1.54) is 0 Å². The molecule has 1 fully saturated rings. The van der Waals surface area contributed by atoms with Crippen LogP contribution in [-0.4, -0.2) is 56.7 Å². The molecule has 1 saturated heterocycles. The molecule has 0 spiro atoms. The number of aromatic nitrogens is 3. The molecule has 2 aliphatic rings. The second kappa shape index (κ2) is 8.50. The van der Waals surface area contributed by atoms with Gasteiger partial charge in [-0.05, 0) is 50.3 Å². The Morgan fingerprint density at radius 2 is 2.03 bits per heavy atom. The maximum Gasteiger partial charge on any atom is 0.270 e. The van der Waals surface area contributed by atoms with Gasteiger partial charge in [-0.15, -0.1) is 0 Å². The van der Waals surface area contributed by atoms with E-state index in [2.05, 4.69) is 23.3 Å². The number of anilines is 1. The predicted molar refractivity (Wildman–Crippen MR) is 127 cm³/mol. The topological polar surface area (TPSA) is 94.2 Å². The molecule has 5 rings (SSSR count). The highest BCUT2D eigenvalue weighted by Crippen LogP contribution is 2.33. The van der Waals surface area contributed by atoms with Gasteiger partial charge in [-0.2, -0.15) is 0 Å². The zero-order valence-electron chi connectivity index (χ0n) is 19.4. The van der Waals surface area contributed by atoms with Crippen molar-refractivity contribution < 1.29 is 9.59 Å². The summed E-state index contributed by atoms with van der Waals surface area (Å²) in [5.41, 5.74) is 4.66. The van der Waals surface area contributed by atoms with Crippen molar-refractivity contribution >= 4 is 28.5 Å². The number of aryl methyl sites for hydroxylation is 1. The van der Waals surface area contributed by atoms with Gasteiger partial charge in [-0.3, -0.25) is 9.59 Å². The zero-order chi connectivity index (χ0) is 23.1. The molecule has 1 atom stereocenters. The van der Waals surface area contributed by atoms with Crippen LogP contribution < -0.4 is 5.32 Å². The van der Waals surface area contributed by atoms with Gasteiger partial charge in [0.05, 0.1) is 18.3 Å². The van der Waals surface area contributed by atoms with Crippen LogP contribution in [0.15, 0.2) is 24.3 Å². The van der Waals surface area contributed by atoms with E-state index < -0.39 is 0 Å². The van der Waals surface area contributed by atoms with Gasteiger partial charge in [0.2, 0.25) is 5.91 Å². The number of nitrogens with zero attached hydrogens (tertiary/aromatic N) is 4. The minimum atomic E-state index is -0.191. The summed E-state index contributed by atoms with van der Waals surface area (Å²) in [6.07, 6.45) is 3.54. The number of benzene rings is 1. The van der Waals surface area contributed by atoms with E-state index in [9.17, 15) is 9.59 Å². The molecule has 0 radical (unpaired) electrons. The molecule has 0 aliphatic carbocycles. The van der Waals surface area contributed by atoms with E-state index >= 15 is 0 Å². The van der Waals surface area contributed by atoms with Gasteiger partial charge in [0.15, 0.2) is 5.82 Å². The number of nitrogens with one attached hydrogen (secondary N) is 2. The fraction of sp³-hybridized carbons (Fsp3) is 0.440. The third-order valence-electron chi connectivity index (χ3n) is 6.94. The molecular formula is C25H30N6O2. The number of carbonyl (C=O) groups is 2. The van der Waals surface area contributed by atoms with Gasteiger partial charge in [0.1, 0.15) is 11.5 Å². The fourth-order valence-corrected chi connectivity index (χ4v) is 5.09. The molecule has 1 unspecified atom stereocenters. The van der Waals surface area contributed by atoms with Crippen molar-refractivity contribution in [1.29, 1.82) is 0 Å². The van der Waals surface area contributed by atoms with Crippen LogP contribution in [-0.2, 0) is 17.8 Å². The highest BCUT2D eigenvalue weighted by atomic mass is 16.2. The first kappa shape index (κ1) is 21.4. The van der Waals surface area contributed by atoms with E-state index in [-0.39, 0.29) is 17.9 Å². The van der Waals surface area contributed by atoms with E-state index in [0.29, 0.717) is 31.2 Å². The van der Waals surface area contributed by atoms with Crippen molar-refractivity contribution in [3.63, 3.8) is 0 Å². The van der Waals surface area contributed by atoms with Crippen LogP contribution in [0.3, 0.4) is 0 Å². The Hall–Kier alpha value is -3.42. The van der Waals surface area contributed by atoms with Crippen molar-refractivity contribution in [2.45, 2.75) is 52.1 Å². The summed E-state index contributed by atoms with van der Waals surface area (Å²) >= 11 is 0. The van der Waals surface area contributed by atoms with Crippen LogP contribution in [0, 0.1) is 6.92 Å². The molecule has 1 aromatic carbocycles. The van der Waals surface area contributed by atoms with Crippen LogP contribution in [0.4, 0.5) is 5.82 Å². The molecule has 2 aliphatic heterocycles. The first-order valence-electron chi connectivity index (χ1n) is 11.7. The minimum absolute atomic E-state index is 0.0204. The Bertz CT molecular complexity index is 1230. The van der Waals surface area contributed by atoms with Gasteiger partial charge in [-0.1, -0.05) is 12.1 Å². The summed E-state index contributed by atoms with van der Waals surface area (Å²) in [6.45, 7) is 5.48. The van der Waals surface area contributed by atoms with E-state index in [0.717, 1.165) is 59.2 Å². The zero-order valence-corrected chi connectivity index (χ0v) is 19.4. The molecule has 8 nitrogen and oxygen atoms in total. The molecule has 2 amide bonds. The van der Waals surface area contributed by atoms with Crippen LogP contribution in [0.1, 0.15) is 65.4 Å². The van der Waals surface area contributed by atoms with Crippen LogP contribution in [0.2, 0.25) is 0 Å². The van der Waals surface area contributed by atoms with Crippen LogP contribution in [0.25, 0.3) is 10.9 Å². The smallest absolute Gasteiger partial charge is 0.270 e.